The maximum Gasteiger partial charge on any atom is 0.318 e. The van der Waals surface area contributed by atoms with Gasteiger partial charge in [-0.15, -0.1) is 0 Å². The molecule has 2 aromatic heterocycles. The smallest absolute Gasteiger partial charge is 0.318 e. The number of urea groups is 1. The van der Waals surface area contributed by atoms with Crippen molar-refractivity contribution < 1.29 is 4.79 Å². The van der Waals surface area contributed by atoms with Gasteiger partial charge in [-0.1, -0.05) is 18.2 Å². The summed E-state index contributed by atoms with van der Waals surface area (Å²) in [4.78, 5) is 19.6. The Kier molecular flexibility index (Phi) is 4.13. The molecule has 0 radical (unpaired) electrons. The zero-order valence-corrected chi connectivity index (χ0v) is 14.3. The fourth-order valence-corrected chi connectivity index (χ4v) is 3.51. The molecule has 25 heavy (non-hydrogen) atoms. The van der Waals surface area contributed by atoms with E-state index < -0.39 is 0 Å². The number of piperidine rings is 1. The first kappa shape index (κ1) is 15.7. The minimum Gasteiger partial charge on any atom is -0.357 e. The summed E-state index contributed by atoms with van der Waals surface area (Å²) in [6.45, 7) is 1.16. The van der Waals surface area contributed by atoms with Crippen LogP contribution in [0.25, 0.3) is 10.9 Å². The van der Waals surface area contributed by atoms with Crippen molar-refractivity contribution in [2.24, 2.45) is 7.05 Å². The van der Waals surface area contributed by atoms with Gasteiger partial charge < -0.3 is 15.2 Å². The Balaban J connectivity index is 1.50. The Labute approximate surface area is 146 Å². The maximum absolute atomic E-state index is 12.7. The molecule has 7 heteroatoms. The number of amides is 2. The van der Waals surface area contributed by atoms with E-state index >= 15 is 0 Å². The summed E-state index contributed by atoms with van der Waals surface area (Å²) in [6.07, 6.45) is 4.82. The van der Waals surface area contributed by atoms with Gasteiger partial charge in [0, 0.05) is 24.8 Å². The zero-order chi connectivity index (χ0) is 17.2. The van der Waals surface area contributed by atoms with Gasteiger partial charge in [0.25, 0.3) is 0 Å². The molecule has 4 rings (SSSR count). The van der Waals surface area contributed by atoms with E-state index in [1.54, 1.807) is 13.2 Å². The van der Waals surface area contributed by atoms with Gasteiger partial charge in [0.05, 0.1) is 18.8 Å². The highest BCUT2D eigenvalue weighted by Gasteiger charge is 2.29. The topological polar surface area (TPSA) is 78.8 Å². The van der Waals surface area contributed by atoms with Crippen LogP contribution >= 0.6 is 0 Å². The van der Waals surface area contributed by atoms with Gasteiger partial charge in [-0.05, 0) is 36.8 Å². The van der Waals surface area contributed by atoms with E-state index in [0.29, 0.717) is 6.54 Å². The average Bonchev–Trinajstić information content (AvgIpc) is 3.25. The first-order valence-electron chi connectivity index (χ1n) is 8.68. The quantitative estimate of drug-likeness (QED) is 0.771. The highest BCUT2D eigenvalue weighted by molar-refractivity contribution is 5.81. The van der Waals surface area contributed by atoms with E-state index in [0.717, 1.165) is 42.7 Å². The molecule has 1 aliphatic rings. The number of hydrogen-bond donors (Lipinski definition) is 2. The molecule has 130 valence electrons. The number of H-pyrrole nitrogens is 1. The van der Waals surface area contributed by atoms with Gasteiger partial charge in [-0.3, -0.25) is 0 Å². The highest BCUT2D eigenvalue weighted by atomic mass is 16.2. The first-order chi connectivity index (χ1) is 12.2. The van der Waals surface area contributed by atoms with Crippen LogP contribution in [0.1, 0.15) is 36.7 Å². The Morgan fingerprint density at radius 3 is 3.04 bits per heavy atom. The molecule has 2 amide bonds. The molecule has 7 nitrogen and oxygen atoms in total. The third-order valence-corrected chi connectivity index (χ3v) is 4.74. The highest BCUT2D eigenvalue weighted by Crippen LogP contribution is 2.32. The molecular formula is C18H22N6O. The summed E-state index contributed by atoms with van der Waals surface area (Å²) in [5.41, 5.74) is 2.98. The van der Waals surface area contributed by atoms with Crippen molar-refractivity contribution in [1.29, 1.82) is 0 Å². The van der Waals surface area contributed by atoms with E-state index in [1.807, 2.05) is 17.0 Å². The monoisotopic (exact) mass is 338 g/mol. The Hall–Kier alpha value is -2.83. The summed E-state index contributed by atoms with van der Waals surface area (Å²) in [6, 6.07) is 10.4. The van der Waals surface area contributed by atoms with Crippen LogP contribution in [-0.2, 0) is 13.6 Å². The summed E-state index contributed by atoms with van der Waals surface area (Å²) < 4.78 is 0. The standard InChI is InChI=1S/C18H22N6O/c1-23-20-12-14(22-23)11-19-18(25)24-9-5-4-8-17(24)16-10-13-6-2-3-7-15(13)21-16/h2-3,6-7,10,12,17,21H,4-5,8-9,11H2,1H3,(H,19,25). The fraction of sp³-hybridized carbons (Fsp3) is 0.389. The van der Waals surface area contributed by atoms with Crippen LogP contribution < -0.4 is 5.32 Å². The molecular weight excluding hydrogens is 316 g/mol. The second-order valence-electron chi connectivity index (χ2n) is 6.50. The molecule has 1 fully saturated rings. The molecule has 1 aliphatic heterocycles. The number of carbonyl (C=O) groups is 1. The van der Waals surface area contributed by atoms with Gasteiger partial charge in [0.1, 0.15) is 5.69 Å². The second-order valence-corrected chi connectivity index (χ2v) is 6.50. The molecule has 0 aliphatic carbocycles. The molecule has 3 heterocycles. The van der Waals surface area contributed by atoms with E-state index in [1.165, 1.54) is 10.2 Å². The predicted octanol–water partition coefficient (Wildman–Crippen LogP) is 2.73. The summed E-state index contributed by atoms with van der Waals surface area (Å²) >= 11 is 0. The lowest BCUT2D eigenvalue weighted by molar-refractivity contribution is 0.149. The van der Waals surface area contributed by atoms with E-state index in [-0.39, 0.29) is 12.1 Å². The predicted molar refractivity (Wildman–Crippen MR) is 94.8 cm³/mol. The largest absolute Gasteiger partial charge is 0.357 e. The van der Waals surface area contributed by atoms with Gasteiger partial charge in [0.2, 0.25) is 0 Å². The first-order valence-corrected chi connectivity index (χ1v) is 8.68. The fourth-order valence-electron chi connectivity index (χ4n) is 3.51. The van der Waals surface area contributed by atoms with Gasteiger partial charge >= 0.3 is 6.03 Å². The van der Waals surface area contributed by atoms with Crippen molar-refractivity contribution in [2.45, 2.75) is 31.8 Å². The van der Waals surface area contributed by atoms with Crippen LogP contribution in [0.5, 0.6) is 0 Å². The molecule has 0 saturated carbocycles. The minimum absolute atomic E-state index is 0.0472. The summed E-state index contributed by atoms with van der Waals surface area (Å²) in [7, 11) is 1.77. The minimum atomic E-state index is -0.0472. The number of rotatable bonds is 3. The number of aromatic nitrogens is 4. The van der Waals surface area contributed by atoms with Crippen molar-refractivity contribution in [3.05, 3.63) is 47.9 Å². The van der Waals surface area contributed by atoms with Crippen molar-refractivity contribution >= 4 is 16.9 Å². The third kappa shape index (κ3) is 3.22. The van der Waals surface area contributed by atoms with Gasteiger partial charge in [-0.2, -0.15) is 15.0 Å². The number of para-hydroxylation sites is 1. The van der Waals surface area contributed by atoms with E-state index in [2.05, 4.69) is 38.7 Å². The SMILES string of the molecule is Cn1ncc(CNC(=O)N2CCCCC2c2cc3ccccc3[nH]2)n1. The molecule has 1 unspecified atom stereocenters. The molecule has 0 spiro atoms. The van der Waals surface area contributed by atoms with Crippen molar-refractivity contribution in [3.63, 3.8) is 0 Å². The number of aryl methyl sites for hydroxylation is 1. The average molecular weight is 338 g/mol. The number of carbonyl (C=O) groups excluding carboxylic acids is 1. The van der Waals surface area contributed by atoms with Crippen LogP contribution in [-0.4, -0.2) is 37.5 Å². The number of fused-ring (bicyclic) bond motifs is 1. The van der Waals surface area contributed by atoms with Gasteiger partial charge in [0.15, 0.2) is 0 Å². The number of aromatic amines is 1. The molecule has 1 saturated heterocycles. The van der Waals surface area contributed by atoms with Crippen LogP contribution in [0, 0.1) is 0 Å². The molecule has 1 aromatic carbocycles. The van der Waals surface area contributed by atoms with Crippen LogP contribution in [0.2, 0.25) is 0 Å². The Morgan fingerprint density at radius 2 is 2.24 bits per heavy atom. The maximum atomic E-state index is 12.7. The summed E-state index contributed by atoms with van der Waals surface area (Å²) in [5.74, 6) is 0. The molecule has 3 aromatic rings. The molecule has 2 N–H and O–H groups in total. The zero-order valence-electron chi connectivity index (χ0n) is 14.3. The van der Waals surface area contributed by atoms with E-state index in [4.69, 9.17) is 0 Å². The lowest BCUT2D eigenvalue weighted by atomic mass is 10.00. The summed E-state index contributed by atoms with van der Waals surface area (Å²) in [5, 5.41) is 12.4. The van der Waals surface area contributed by atoms with Crippen molar-refractivity contribution in [3.8, 4) is 0 Å². The van der Waals surface area contributed by atoms with Crippen LogP contribution in [0.15, 0.2) is 36.5 Å². The lowest BCUT2D eigenvalue weighted by Gasteiger charge is -2.35. The second kappa shape index (κ2) is 6.58. The lowest BCUT2D eigenvalue weighted by Crippen LogP contribution is -2.44. The molecule has 1 atom stereocenters. The molecule has 0 bridgehead atoms. The third-order valence-electron chi connectivity index (χ3n) is 4.74. The number of benzene rings is 1. The number of nitrogens with zero attached hydrogens (tertiary/aromatic N) is 4. The van der Waals surface area contributed by atoms with Crippen molar-refractivity contribution in [2.75, 3.05) is 6.54 Å². The van der Waals surface area contributed by atoms with Gasteiger partial charge in [-0.25, -0.2) is 4.79 Å². The van der Waals surface area contributed by atoms with E-state index in [9.17, 15) is 4.79 Å². The van der Waals surface area contributed by atoms with Crippen LogP contribution in [0.4, 0.5) is 4.79 Å². The normalized spacial score (nSPS) is 17.8. The van der Waals surface area contributed by atoms with Crippen molar-refractivity contribution in [1.82, 2.24) is 30.2 Å². The Bertz CT molecular complexity index is 849. The number of likely N-dealkylation sites (tertiary alicyclic amines) is 1. The number of nitrogens with one attached hydrogen (secondary N) is 2. The number of hydrogen-bond acceptors (Lipinski definition) is 3. The van der Waals surface area contributed by atoms with Crippen LogP contribution in [0.3, 0.4) is 0 Å². The Morgan fingerprint density at radius 1 is 1.36 bits per heavy atom.